The molecule has 0 heterocycles. The standard InChI is InChI=1S/C17H24N2O2S/c1-12(2)17(9-4-5-10-17)19-16(22)18-14-8-6-7-13(11-14)15(20)21-3/h6-8,11-12H,4-5,9-10H2,1-3H3,(H2,18,19,22). The minimum atomic E-state index is -0.350. The maximum Gasteiger partial charge on any atom is 0.337 e. The Labute approximate surface area is 137 Å². The molecule has 4 nitrogen and oxygen atoms in total. The Kier molecular flexibility index (Phi) is 5.40. The van der Waals surface area contributed by atoms with Crippen molar-refractivity contribution in [2.75, 3.05) is 12.4 Å². The lowest BCUT2D eigenvalue weighted by molar-refractivity contribution is 0.0601. The van der Waals surface area contributed by atoms with Crippen molar-refractivity contribution < 1.29 is 9.53 Å². The van der Waals surface area contributed by atoms with Crippen molar-refractivity contribution in [3.63, 3.8) is 0 Å². The lowest BCUT2D eigenvalue weighted by Gasteiger charge is -2.35. The minimum Gasteiger partial charge on any atom is -0.465 e. The van der Waals surface area contributed by atoms with Gasteiger partial charge in [-0.15, -0.1) is 0 Å². The van der Waals surface area contributed by atoms with Crippen molar-refractivity contribution in [1.29, 1.82) is 0 Å². The number of esters is 1. The molecule has 1 aromatic rings. The molecule has 0 bridgehead atoms. The Morgan fingerprint density at radius 2 is 2.00 bits per heavy atom. The highest BCUT2D eigenvalue weighted by Gasteiger charge is 2.37. The van der Waals surface area contributed by atoms with E-state index in [4.69, 9.17) is 17.0 Å². The van der Waals surface area contributed by atoms with Crippen LogP contribution in [0, 0.1) is 5.92 Å². The number of thiocarbonyl (C=S) groups is 1. The fraction of sp³-hybridized carbons (Fsp3) is 0.529. The van der Waals surface area contributed by atoms with E-state index < -0.39 is 0 Å². The van der Waals surface area contributed by atoms with Crippen molar-refractivity contribution in [2.24, 2.45) is 5.92 Å². The van der Waals surface area contributed by atoms with Crippen molar-refractivity contribution in [3.8, 4) is 0 Å². The molecule has 1 fully saturated rings. The van der Waals surface area contributed by atoms with E-state index >= 15 is 0 Å². The maximum absolute atomic E-state index is 11.6. The predicted octanol–water partition coefficient (Wildman–Crippen LogP) is 3.73. The summed E-state index contributed by atoms with van der Waals surface area (Å²) in [4.78, 5) is 11.6. The van der Waals surface area contributed by atoms with E-state index in [1.54, 1.807) is 12.1 Å². The molecule has 0 aromatic heterocycles. The number of ether oxygens (including phenoxy) is 1. The molecule has 1 saturated carbocycles. The van der Waals surface area contributed by atoms with Gasteiger partial charge in [0.25, 0.3) is 0 Å². The van der Waals surface area contributed by atoms with Gasteiger partial charge in [-0.3, -0.25) is 0 Å². The van der Waals surface area contributed by atoms with Crippen LogP contribution in [0.5, 0.6) is 0 Å². The summed E-state index contributed by atoms with van der Waals surface area (Å²) < 4.78 is 4.74. The van der Waals surface area contributed by atoms with Crippen molar-refractivity contribution in [2.45, 2.75) is 45.1 Å². The molecule has 0 spiro atoms. The fourth-order valence-electron chi connectivity index (χ4n) is 3.08. The van der Waals surface area contributed by atoms with Gasteiger partial charge in [-0.2, -0.15) is 0 Å². The highest BCUT2D eigenvalue weighted by Crippen LogP contribution is 2.35. The normalized spacial score (nSPS) is 16.4. The van der Waals surface area contributed by atoms with Gasteiger partial charge in [-0.1, -0.05) is 32.8 Å². The molecule has 120 valence electrons. The Morgan fingerprint density at radius 3 is 2.59 bits per heavy atom. The number of carbonyl (C=O) groups is 1. The Hall–Kier alpha value is -1.62. The minimum absolute atomic E-state index is 0.0873. The first kappa shape index (κ1) is 16.7. The quantitative estimate of drug-likeness (QED) is 0.654. The molecule has 2 N–H and O–H groups in total. The van der Waals surface area contributed by atoms with Crippen molar-refractivity contribution in [1.82, 2.24) is 5.32 Å². The third-order valence-electron chi connectivity index (χ3n) is 4.50. The Balaban J connectivity index is 2.04. The lowest BCUT2D eigenvalue weighted by atomic mass is 9.85. The van der Waals surface area contributed by atoms with Gasteiger partial charge >= 0.3 is 5.97 Å². The number of anilines is 1. The summed E-state index contributed by atoms with van der Waals surface area (Å²) >= 11 is 5.46. The van der Waals surface area contributed by atoms with Gasteiger partial charge in [-0.25, -0.2) is 4.79 Å². The summed E-state index contributed by atoms with van der Waals surface area (Å²) in [6.45, 7) is 4.47. The number of hydrogen-bond acceptors (Lipinski definition) is 3. The van der Waals surface area contributed by atoms with E-state index in [2.05, 4.69) is 24.5 Å². The first-order valence-electron chi connectivity index (χ1n) is 7.74. The largest absolute Gasteiger partial charge is 0.465 e. The first-order valence-corrected chi connectivity index (χ1v) is 8.15. The van der Waals surface area contributed by atoms with E-state index in [-0.39, 0.29) is 11.5 Å². The number of methoxy groups -OCH3 is 1. The predicted molar refractivity (Wildman–Crippen MR) is 93.2 cm³/mol. The lowest BCUT2D eigenvalue weighted by Crippen LogP contribution is -2.51. The first-order chi connectivity index (χ1) is 10.5. The highest BCUT2D eigenvalue weighted by atomic mass is 32.1. The van der Waals surface area contributed by atoms with E-state index in [1.807, 2.05) is 12.1 Å². The van der Waals surface area contributed by atoms with Crippen LogP contribution in [0.2, 0.25) is 0 Å². The maximum atomic E-state index is 11.6. The van der Waals surface area contributed by atoms with Gasteiger partial charge in [-0.05, 0) is 49.2 Å². The summed E-state index contributed by atoms with van der Waals surface area (Å²) in [6.07, 6.45) is 4.78. The number of hydrogen-bond donors (Lipinski definition) is 2. The molecule has 0 unspecified atom stereocenters. The van der Waals surface area contributed by atoms with E-state index in [1.165, 1.54) is 20.0 Å². The van der Waals surface area contributed by atoms with Crippen LogP contribution in [-0.4, -0.2) is 23.7 Å². The second-order valence-electron chi connectivity index (χ2n) is 6.17. The molecule has 0 radical (unpaired) electrons. The zero-order valence-electron chi connectivity index (χ0n) is 13.4. The number of rotatable bonds is 4. The molecule has 1 aromatic carbocycles. The second-order valence-corrected chi connectivity index (χ2v) is 6.58. The molecule has 0 amide bonds. The summed E-state index contributed by atoms with van der Waals surface area (Å²) in [5.41, 5.74) is 1.39. The van der Waals surface area contributed by atoms with Crippen molar-refractivity contribution in [3.05, 3.63) is 29.8 Å². The van der Waals surface area contributed by atoms with Crippen LogP contribution in [0.3, 0.4) is 0 Å². The monoisotopic (exact) mass is 320 g/mol. The highest BCUT2D eigenvalue weighted by molar-refractivity contribution is 7.80. The summed E-state index contributed by atoms with van der Waals surface area (Å²) in [7, 11) is 1.38. The zero-order valence-corrected chi connectivity index (χ0v) is 14.3. The van der Waals surface area contributed by atoms with Gasteiger partial charge in [0.2, 0.25) is 0 Å². The van der Waals surface area contributed by atoms with Crippen LogP contribution < -0.4 is 10.6 Å². The SMILES string of the molecule is COC(=O)c1cccc(NC(=S)NC2(C(C)C)CCCC2)c1. The molecule has 2 rings (SSSR count). The number of benzene rings is 1. The van der Waals surface area contributed by atoms with Gasteiger partial charge in [0.15, 0.2) is 5.11 Å². The molecule has 0 atom stereocenters. The molecule has 1 aliphatic rings. The molecular weight excluding hydrogens is 296 g/mol. The van der Waals surface area contributed by atoms with Crippen LogP contribution in [-0.2, 0) is 4.74 Å². The van der Waals surface area contributed by atoms with Crippen LogP contribution in [0.1, 0.15) is 49.9 Å². The Morgan fingerprint density at radius 1 is 1.32 bits per heavy atom. The van der Waals surface area contributed by atoms with Gasteiger partial charge in [0.1, 0.15) is 0 Å². The third-order valence-corrected chi connectivity index (χ3v) is 4.71. The molecule has 1 aliphatic carbocycles. The van der Waals surface area contributed by atoms with E-state index in [0.717, 1.165) is 18.5 Å². The van der Waals surface area contributed by atoms with Crippen LogP contribution >= 0.6 is 12.2 Å². The van der Waals surface area contributed by atoms with Crippen LogP contribution in [0.4, 0.5) is 5.69 Å². The molecule has 22 heavy (non-hydrogen) atoms. The van der Waals surface area contributed by atoms with Gasteiger partial charge in [0.05, 0.1) is 12.7 Å². The average molecular weight is 320 g/mol. The van der Waals surface area contributed by atoms with Crippen molar-refractivity contribution >= 4 is 29.0 Å². The molecule has 0 saturated heterocycles. The van der Waals surface area contributed by atoms with Crippen LogP contribution in [0.25, 0.3) is 0 Å². The molecule has 0 aliphatic heterocycles. The smallest absolute Gasteiger partial charge is 0.337 e. The van der Waals surface area contributed by atoms with E-state index in [0.29, 0.717) is 16.6 Å². The van der Waals surface area contributed by atoms with E-state index in [9.17, 15) is 4.79 Å². The number of carbonyl (C=O) groups excluding carboxylic acids is 1. The number of nitrogens with one attached hydrogen (secondary N) is 2. The Bertz CT molecular complexity index is 551. The van der Waals surface area contributed by atoms with Crippen LogP contribution in [0.15, 0.2) is 24.3 Å². The summed E-state index contributed by atoms with van der Waals surface area (Å²) in [5, 5.41) is 7.30. The second kappa shape index (κ2) is 7.09. The zero-order chi connectivity index (χ0) is 16.2. The third kappa shape index (κ3) is 3.77. The summed E-state index contributed by atoms with van der Waals surface area (Å²) in [6, 6.07) is 7.17. The van der Waals surface area contributed by atoms with Gasteiger partial charge < -0.3 is 15.4 Å². The molecule has 5 heteroatoms. The van der Waals surface area contributed by atoms with Gasteiger partial charge in [0, 0.05) is 11.2 Å². The summed E-state index contributed by atoms with van der Waals surface area (Å²) in [5.74, 6) is 0.174. The fourth-order valence-corrected chi connectivity index (χ4v) is 3.40. The topological polar surface area (TPSA) is 50.4 Å². The molecular formula is C17H24N2O2S. The average Bonchev–Trinajstić information content (AvgIpc) is 2.96.